The van der Waals surface area contributed by atoms with Crippen molar-refractivity contribution in [3.8, 4) is 0 Å². The number of likely N-dealkylation sites (tertiary alicyclic amines) is 1. The molecule has 2 heterocycles. The topological polar surface area (TPSA) is 53.9 Å². The van der Waals surface area contributed by atoms with Crippen molar-refractivity contribution in [2.24, 2.45) is 4.99 Å². The normalized spacial score (nSPS) is 18.3. The van der Waals surface area contributed by atoms with Crippen LogP contribution in [0.2, 0.25) is 0 Å². The molecule has 1 N–H and O–H groups in total. The van der Waals surface area contributed by atoms with Crippen LogP contribution < -0.4 is 5.48 Å². The molecule has 1 fully saturated rings. The van der Waals surface area contributed by atoms with Gasteiger partial charge in [-0.3, -0.25) is 4.79 Å². The van der Waals surface area contributed by atoms with Gasteiger partial charge < -0.3 is 4.90 Å². The molecule has 4 rings (SSSR count). The molecule has 0 bridgehead atoms. The van der Waals surface area contributed by atoms with Crippen LogP contribution in [0.3, 0.4) is 0 Å². The summed E-state index contributed by atoms with van der Waals surface area (Å²) in [5, 5.41) is 0. The number of carbonyl (C=O) groups excluding carboxylic acids is 1. The number of nitrogens with zero attached hydrogens (tertiary/aromatic N) is 2. The number of benzene rings is 2. The van der Waals surface area contributed by atoms with Gasteiger partial charge in [-0.05, 0) is 19.1 Å². The van der Waals surface area contributed by atoms with Crippen LogP contribution in [-0.4, -0.2) is 35.5 Å². The number of aliphatic imine (C=N–C) groups is 1. The van der Waals surface area contributed by atoms with Gasteiger partial charge in [-0.2, -0.15) is 0 Å². The minimum Gasteiger partial charge on any atom is -0.338 e. The van der Waals surface area contributed by atoms with E-state index in [1.165, 1.54) is 6.07 Å². The van der Waals surface area contributed by atoms with Gasteiger partial charge in [0.2, 0.25) is 0 Å². The Morgan fingerprint density at radius 2 is 1.85 bits per heavy atom. The van der Waals surface area contributed by atoms with E-state index in [1.807, 2.05) is 31.2 Å². The number of hydroxylamine groups is 1. The average molecular weight is 371 g/mol. The molecule has 0 unspecified atom stereocenters. The van der Waals surface area contributed by atoms with E-state index in [4.69, 9.17) is 9.83 Å². The summed E-state index contributed by atoms with van der Waals surface area (Å²) in [6.07, 6.45) is 0.980. The minimum absolute atomic E-state index is 0.123. The lowest BCUT2D eigenvalue weighted by Crippen LogP contribution is -2.46. The Hall–Kier alpha value is -2.80. The van der Waals surface area contributed by atoms with Gasteiger partial charge in [0.25, 0.3) is 5.91 Å². The smallest absolute Gasteiger partial charge is 0.256 e. The molecule has 2 aromatic carbocycles. The van der Waals surface area contributed by atoms with E-state index in [2.05, 4.69) is 5.48 Å². The fourth-order valence-electron chi connectivity index (χ4n) is 3.33. The molecule has 140 valence electrons. The molecule has 2 aromatic rings. The summed E-state index contributed by atoms with van der Waals surface area (Å²) in [4.78, 5) is 24.5. The molecule has 27 heavy (non-hydrogen) atoms. The second-order valence-electron chi connectivity index (χ2n) is 6.89. The molecule has 0 saturated carbocycles. The summed E-state index contributed by atoms with van der Waals surface area (Å²) in [5.41, 5.74) is 4.14. The van der Waals surface area contributed by atoms with Crippen molar-refractivity contribution in [1.82, 2.24) is 10.4 Å². The first kappa shape index (κ1) is 17.6. The number of hydrogen-bond donors (Lipinski definition) is 1. The molecule has 1 amide bonds. The Balaban J connectivity index is 1.45. The van der Waals surface area contributed by atoms with Gasteiger partial charge in [0.1, 0.15) is 11.6 Å². The fraction of sp³-hybridized carbons (Fsp3) is 0.300. The van der Waals surface area contributed by atoms with E-state index in [0.717, 1.165) is 23.3 Å². The van der Waals surface area contributed by atoms with Crippen molar-refractivity contribution < 1.29 is 18.4 Å². The van der Waals surface area contributed by atoms with Crippen molar-refractivity contribution in [2.75, 3.05) is 13.1 Å². The van der Waals surface area contributed by atoms with E-state index in [9.17, 15) is 13.6 Å². The maximum absolute atomic E-state index is 13.9. The van der Waals surface area contributed by atoms with E-state index in [1.54, 1.807) is 4.90 Å². The van der Waals surface area contributed by atoms with Crippen LogP contribution in [0, 0.1) is 18.6 Å². The highest BCUT2D eigenvalue weighted by Crippen LogP contribution is 2.31. The van der Waals surface area contributed by atoms with Crippen molar-refractivity contribution in [3.63, 3.8) is 0 Å². The number of amidine groups is 1. The van der Waals surface area contributed by atoms with Crippen LogP contribution in [0.1, 0.15) is 34.3 Å². The summed E-state index contributed by atoms with van der Waals surface area (Å²) < 4.78 is 26.9. The minimum atomic E-state index is -0.848. The Morgan fingerprint density at radius 3 is 2.52 bits per heavy atom. The third-order valence-electron chi connectivity index (χ3n) is 4.97. The zero-order valence-corrected chi connectivity index (χ0v) is 14.8. The highest BCUT2D eigenvalue weighted by atomic mass is 19.1. The number of nitrogens with one attached hydrogen (secondary N) is 1. The maximum atomic E-state index is 13.9. The standard InChI is InChI=1S/C20H19F2N3O2/c1-13-2-4-14(5-3-13)18-23-20(27-24-18)8-10-25(11-9-20)19(26)16-7-6-15(21)12-17(16)22/h2-7,12H,8-11H2,1H3,(H,23,24). The lowest BCUT2D eigenvalue weighted by atomic mass is 10.00. The van der Waals surface area contributed by atoms with E-state index >= 15 is 0 Å². The summed E-state index contributed by atoms with van der Waals surface area (Å²) in [6, 6.07) is 10.9. The zero-order chi connectivity index (χ0) is 19.0. The summed E-state index contributed by atoms with van der Waals surface area (Å²) in [7, 11) is 0. The van der Waals surface area contributed by atoms with Crippen molar-refractivity contribution >= 4 is 11.7 Å². The second-order valence-corrected chi connectivity index (χ2v) is 6.89. The number of halogens is 2. The SMILES string of the molecule is Cc1ccc(C2=NC3(CCN(C(=O)c4ccc(F)cc4F)CC3)ON2)cc1. The molecule has 0 radical (unpaired) electrons. The molecule has 7 heteroatoms. The third kappa shape index (κ3) is 3.42. The number of aryl methyl sites for hydroxylation is 1. The van der Waals surface area contributed by atoms with Crippen molar-refractivity contribution in [3.05, 3.63) is 70.8 Å². The predicted molar refractivity (Wildman–Crippen MR) is 96.2 cm³/mol. The number of hydrogen-bond acceptors (Lipinski definition) is 4. The zero-order valence-electron chi connectivity index (χ0n) is 14.8. The van der Waals surface area contributed by atoms with Crippen molar-refractivity contribution in [2.45, 2.75) is 25.5 Å². The van der Waals surface area contributed by atoms with Gasteiger partial charge >= 0.3 is 0 Å². The monoisotopic (exact) mass is 371 g/mol. The molecule has 1 spiro atoms. The summed E-state index contributed by atoms with van der Waals surface area (Å²) in [5.74, 6) is -1.33. The van der Waals surface area contributed by atoms with E-state index < -0.39 is 23.3 Å². The first-order valence-corrected chi connectivity index (χ1v) is 8.81. The van der Waals surface area contributed by atoms with Gasteiger partial charge in [0.05, 0.1) is 5.56 Å². The van der Waals surface area contributed by atoms with Crippen LogP contribution in [0.15, 0.2) is 47.5 Å². The van der Waals surface area contributed by atoms with Crippen LogP contribution in [-0.2, 0) is 4.84 Å². The lowest BCUT2D eigenvalue weighted by Gasteiger charge is -2.35. The molecule has 2 aliphatic heterocycles. The molecule has 0 aromatic heterocycles. The van der Waals surface area contributed by atoms with Gasteiger partial charge in [0, 0.05) is 37.6 Å². The number of carbonyl (C=O) groups is 1. The summed E-state index contributed by atoms with van der Waals surface area (Å²) >= 11 is 0. The molecule has 0 atom stereocenters. The van der Waals surface area contributed by atoms with Gasteiger partial charge in [-0.15, -0.1) is 0 Å². The van der Waals surface area contributed by atoms with Gasteiger partial charge in [-0.25, -0.2) is 24.1 Å². The largest absolute Gasteiger partial charge is 0.338 e. The highest BCUT2D eigenvalue weighted by molar-refractivity contribution is 5.99. The van der Waals surface area contributed by atoms with E-state index in [-0.39, 0.29) is 5.56 Å². The first-order chi connectivity index (χ1) is 13.0. The molecule has 0 aliphatic carbocycles. The molecule has 1 saturated heterocycles. The summed E-state index contributed by atoms with van der Waals surface area (Å²) in [6.45, 7) is 2.77. The van der Waals surface area contributed by atoms with Crippen molar-refractivity contribution in [1.29, 1.82) is 0 Å². The maximum Gasteiger partial charge on any atom is 0.256 e. The van der Waals surface area contributed by atoms with Crippen LogP contribution in [0.5, 0.6) is 0 Å². The Labute approximate surface area is 155 Å². The molecule has 2 aliphatic rings. The predicted octanol–water partition coefficient (Wildman–Crippen LogP) is 3.19. The Kier molecular flexibility index (Phi) is 4.39. The molecular weight excluding hydrogens is 352 g/mol. The quantitative estimate of drug-likeness (QED) is 0.882. The average Bonchev–Trinajstić information content (AvgIpc) is 3.06. The Bertz CT molecular complexity index is 904. The molecule has 5 nitrogen and oxygen atoms in total. The number of piperidine rings is 1. The number of amides is 1. The van der Waals surface area contributed by atoms with Crippen LogP contribution in [0.25, 0.3) is 0 Å². The third-order valence-corrected chi connectivity index (χ3v) is 4.97. The Morgan fingerprint density at radius 1 is 1.15 bits per heavy atom. The van der Waals surface area contributed by atoms with Gasteiger partial charge in [0.15, 0.2) is 11.6 Å². The highest BCUT2D eigenvalue weighted by Gasteiger charge is 2.41. The van der Waals surface area contributed by atoms with E-state index in [0.29, 0.717) is 31.8 Å². The fourth-order valence-corrected chi connectivity index (χ4v) is 3.33. The first-order valence-electron chi connectivity index (χ1n) is 8.81. The second kappa shape index (κ2) is 6.74. The van der Waals surface area contributed by atoms with Gasteiger partial charge in [-0.1, -0.05) is 29.8 Å². The number of rotatable bonds is 2. The van der Waals surface area contributed by atoms with Crippen LogP contribution in [0.4, 0.5) is 8.78 Å². The van der Waals surface area contributed by atoms with Crippen LogP contribution >= 0.6 is 0 Å². The lowest BCUT2D eigenvalue weighted by molar-refractivity contribution is -0.0849. The molecular formula is C20H19F2N3O2.